The second kappa shape index (κ2) is 7.34. The molecule has 0 unspecified atom stereocenters. The number of fused-ring (bicyclic) bond motifs is 1. The third kappa shape index (κ3) is 3.67. The van der Waals surface area contributed by atoms with Crippen LogP contribution in [0.25, 0.3) is 11.0 Å². The summed E-state index contributed by atoms with van der Waals surface area (Å²) in [5.41, 5.74) is 2.07. The second-order valence-corrected chi connectivity index (χ2v) is 6.49. The van der Waals surface area contributed by atoms with Crippen molar-refractivity contribution in [1.29, 1.82) is 0 Å². The predicted octanol–water partition coefficient (Wildman–Crippen LogP) is 3.24. The van der Waals surface area contributed by atoms with Gasteiger partial charge in [0, 0.05) is 25.5 Å². The maximum Gasteiger partial charge on any atom is 0.243 e. The lowest BCUT2D eigenvalue weighted by Gasteiger charge is -2.20. The van der Waals surface area contributed by atoms with E-state index in [4.69, 9.17) is 0 Å². The smallest absolute Gasteiger partial charge is 0.243 e. The lowest BCUT2D eigenvalue weighted by molar-refractivity contribution is -0.124. The van der Waals surface area contributed by atoms with Gasteiger partial charge < -0.3 is 14.5 Å². The Bertz CT molecular complexity index is 789. The number of nitrogens with one attached hydrogen (secondary N) is 1. The van der Waals surface area contributed by atoms with Crippen LogP contribution in [0.5, 0.6) is 0 Å². The Hall–Kier alpha value is -2.56. The summed E-state index contributed by atoms with van der Waals surface area (Å²) >= 11 is 0. The fraction of sp³-hybridized carbons (Fsp3) is 0.368. The number of hydrogen-bond donors (Lipinski definition) is 1. The first-order valence-corrected chi connectivity index (χ1v) is 8.45. The van der Waals surface area contributed by atoms with Crippen molar-refractivity contribution < 1.29 is 4.79 Å². The first-order chi connectivity index (χ1) is 11.6. The van der Waals surface area contributed by atoms with Crippen molar-refractivity contribution in [1.82, 2.24) is 19.4 Å². The van der Waals surface area contributed by atoms with Crippen LogP contribution in [0, 0.1) is 5.92 Å². The number of aromatic nitrogens is 3. The molecule has 0 aliphatic rings. The van der Waals surface area contributed by atoms with Gasteiger partial charge in [0.05, 0.1) is 17.4 Å². The summed E-state index contributed by atoms with van der Waals surface area (Å²) in [5.74, 6) is 0.532. The lowest BCUT2D eigenvalue weighted by Crippen LogP contribution is -2.34. The molecule has 0 radical (unpaired) electrons. The fourth-order valence-electron chi connectivity index (χ4n) is 2.97. The van der Waals surface area contributed by atoms with Gasteiger partial charge in [-0.25, -0.2) is 4.98 Å². The van der Waals surface area contributed by atoms with Crippen LogP contribution in [0.15, 0.2) is 55.1 Å². The van der Waals surface area contributed by atoms with Crippen LogP contribution in [0.4, 0.5) is 0 Å². The van der Waals surface area contributed by atoms with E-state index in [1.54, 1.807) is 0 Å². The Labute approximate surface area is 142 Å². The van der Waals surface area contributed by atoms with Crippen LogP contribution >= 0.6 is 0 Å². The van der Waals surface area contributed by atoms with Crippen molar-refractivity contribution in [3.63, 3.8) is 0 Å². The van der Waals surface area contributed by atoms with Gasteiger partial charge in [-0.15, -0.1) is 0 Å². The minimum atomic E-state index is -0.153. The van der Waals surface area contributed by atoms with Crippen LogP contribution in [-0.2, 0) is 11.3 Å². The van der Waals surface area contributed by atoms with Crippen molar-refractivity contribution >= 4 is 16.9 Å². The van der Waals surface area contributed by atoms with Crippen LogP contribution in [0.2, 0.25) is 0 Å². The third-order valence-electron chi connectivity index (χ3n) is 4.16. The average Bonchev–Trinajstić information content (AvgIpc) is 3.22. The first-order valence-electron chi connectivity index (χ1n) is 8.45. The molecule has 1 amide bonds. The highest BCUT2D eigenvalue weighted by Gasteiger charge is 2.20. The Morgan fingerprint density at radius 2 is 1.92 bits per heavy atom. The molecule has 5 nitrogen and oxygen atoms in total. The number of hydrogen-bond acceptors (Lipinski definition) is 2. The predicted molar refractivity (Wildman–Crippen MR) is 95.7 cm³/mol. The number of carbonyl (C=O) groups is 1. The number of nitrogens with zero attached hydrogens (tertiary/aromatic N) is 3. The zero-order chi connectivity index (χ0) is 16.9. The van der Waals surface area contributed by atoms with E-state index in [-0.39, 0.29) is 11.9 Å². The number of benzene rings is 1. The van der Waals surface area contributed by atoms with Crippen molar-refractivity contribution in [2.75, 3.05) is 6.54 Å². The molecule has 3 rings (SSSR count). The molecule has 1 atom stereocenters. The highest BCUT2D eigenvalue weighted by molar-refractivity contribution is 5.80. The molecule has 0 aliphatic heterocycles. The van der Waals surface area contributed by atoms with E-state index in [0.717, 1.165) is 17.5 Å². The van der Waals surface area contributed by atoms with E-state index in [9.17, 15) is 4.79 Å². The van der Waals surface area contributed by atoms with Crippen LogP contribution in [0.1, 0.15) is 26.3 Å². The molecule has 0 fully saturated rings. The molecular weight excluding hydrogens is 300 g/mol. The van der Waals surface area contributed by atoms with Crippen LogP contribution in [0.3, 0.4) is 0 Å². The molecule has 5 heteroatoms. The summed E-state index contributed by atoms with van der Waals surface area (Å²) in [6.07, 6.45) is 6.56. The van der Waals surface area contributed by atoms with Crippen molar-refractivity contribution in [2.24, 2.45) is 5.92 Å². The number of carbonyl (C=O) groups excluding carboxylic acids is 1. The zero-order valence-electron chi connectivity index (χ0n) is 14.2. The summed E-state index contributed by atoms with van der Waals surface area (Å²) in [6.45, 7) is 5.59. The Morgan fingerprint density at radius 3 is 2.67 bits per heavy atom. The van der Waals surface area contributed by atoms with Crippen molar-refractivity contribution in [3.05, 3.63) is 55.1 Å². The number of amides is 1. The van der Waals surface area contributed by atoms with Crippen molar-refractivity contribution in [2.45, 2.75) is 32.9 Å². The first kappa shape index (κ1) is 16.3. The molecule has 0 saturated carbocycles. The zero-order valence-corrected chi connectivity index (χ0v) is 14.2. The standard InChI is InChI=1S/C19H24N4O/c1-15(2)13-18(22-10-5-6-11-22)19(24)20-9-12-23-14-21-16-7-3-4-8-17(16)23/h3-8,10-11,14-15,18H,9,12-13H2,1-2H3,(H,20,24)/t18-/m0/s1. The van der Waals surface area contributed by atoms with Crippen molar-refractivity contribution in [3.8, 4) is 0 Å². The maximum absolute atomic E-state index is 12.6. The van der Waals surface area contributed by atoms with E-state index < -0.39 is 0 Å². The summed E-state index contributed by atoms with van der Waals surface area (Å²) in [7, 11) is 0. The highest BCUT2D eigenvalue weighted by Crippen LogP contribution is 2.18. The van der Waals surface area contributed by atoms with Gasteiger partial charge in [-0.1, -0.05) is 26.0 Å². The lowest BCUT2D eigenvalue weighted by atomic mass is 10.0. The van der Waals surface area contributed by atoms with E-state index in [0.29, 0.717) is 19.0 Å². The Balaban J connectivity index is 1.61. The summed E-state index contributed by atoms with van der Waals surface area (Å²) in [4.78, 5) is 17.0. The Morgan fingerprint density at radius 1 is 1.17 bits per heavy atom. The normalized spacial score (nSPS) is 12.6. The van der Waals surface area contributed by atoms with Crippen LogP contribution < -0.4 is 5.32 Å². The molecular formula is C19H24N4O. The molecule has 1 N–H and O–H groups in total. The quantitative estimate of drug-likeness (QED) is 0.725. The summed E-state index contributed by atoms with van der Waals surface area (Å²) in [6, 6.07) is 11.8. The number of para-hydroxylation sites is 2. The molecule has 3 aromatic rings. The van der Waals surface area contributed by atoms with Gasteiger partial charge in [-0.2, -0.15) is 0 Å². The highest BCUT2D eigenvalue weighted by atomic mass is 16.2. The van der Waals surface area contributed by atoms with Gasteiger partial charge in [0.15, 0.2) is 0 Å². The molecule has 2 aromatic heterocycles. The molecule has 1 aromatic carbocycles. The van der Waals surface area contributed by atoms with E-state index in [1.165, 1.54) is 0 Å². The molecule has 24 heavy (non-hydrogen) atoms. The molecule has 0 saturated heterocycles. The number of rotatable bonds is 7. The molecule has 2 heterocycles. The summed E-state index contributed by atoms with van der Waals surface area (Å²) in [5, 5.41) is 3.07. The molecule has 0 bridgehead atoms. The largest absolute Gasteiger partial charge is 0.353 e. The monoisotopic (exact) mass is 324 g/mol. The molecule has 126 valence electrons. The van der Waals surface area contributed by atoms with Gasteiger partial charge in [0.1, 0.15) is 6.04 Å². The van der Waals surface area contributed by atoms with Gasteiger partial charge in [0.2, 0.25) is 5.91 Å². The van der Waals surface area contributed by atoms with E-state index in [2.05, 4.69) is 28.7 Å². The fourth-order valence-corrected chi connectivity index (χ4v) is 2.97. The molecule has 0 aliphatic carbocycles. The van der Waals surface area contributed by atoms with Gasteiger partial charge in [-0.05, 0) is 36.6 Å². The van der Waals surface area contributed by atoms with E-state index >= 15 is 0 Å². The SMILES string of the molecule is CC(C)C[C@@H](C(=O)NCCn1cnc2ccccc21)n1cccc1. The van der Waals surface area contributed by atoms with Gasteiger partial charge >= 0.3 is 0 Å². The summed E-state index contributed by atoms with van der Waals surface area (Å²) < 4.78 is 4.06. The van der Waals surface area contributed by atoms with Gasteiger partial charge in [0.25, 0.3) is 0 Å². The third-order valence-corrected chi connectivity index (χ3v) is 4.16. The van der Waals surface area contributed by atoms with E-state index in [1.807, 2.05) is 59.7 Å². The average molecular weight is 324 g/mol. The maximum atomic E-state index is 12.6. The number of imidazole rings is 1. The minimum absolute atomic E-state index is 0.0734. The van der Waals surface area contributed by atoms with Gasteiger partial charge in [-0.3, -0.25) is 4.79 Å². The Kier molecular flexibility index (Phi) is 4.99. The van der Waals surface area contributed by atoms with Crippen LogP contribution in [-0.4, -0.2) is 26.6 Å². The minimum Gasteiger partial charge on any atom is -0.353 e. The second-order valence-electron chi connectivity index (χ2n) is 6.49. The molecule has 0 spiro atoms. The topological polar surface area (TPSA) is 51.9 Å².